The van der Waals surface area contributed by atoms with E-state index in [1.54, 1.807) is 22.7 Å². The van der Waals surface area contributed by atoms with Crippen LogP contribution in [0.4, 0.5) is 35.7 Å². The minimum absolute atomic E-state index is 0.118. The molecule has 0 aliphatic rings. The van der Waals surface area contributed by atoms with E-state index in [9.17, 15) is 0 Å². The number of nitrogens with zero attached hydrogens (tertiary/aromatic N) is 8. The van der Waals surface area contributed by atoms with Gasteiger partial charge in [-0.15, -0.1) is 11.3 Å². The van der Waals surface area contributed by atoms with Gasteiger partial charge in [-0.2, -0.15) is 41.2 Å². The van der Waals surface area contributed by atoms with E-state index in [0.717, 1.165) is 38.9 Å². The maximum Gasteiger partial charge on any atom is 0.231 e. The van der Waals surface area contributed by atoms with Crippen LogP contribution in [0.1, 0.15) is 21.6 Å². The topological polar surface area (TPSA) is 174 Å². The number of hydrogen-bond acceptors (Lipinski definition) is 14. The number of thiophene rings is 2. The fraction of sp³-hybridized carbons (Fsp3) is 0.391. The third kappa shape index (κ3) is 7.36. The van der Waals surface area contributed by atoms with Crippen LogP contribution in [0.15, 0.2) is 22.2 Å². The van der Waals surface area contributed by atoms with E-state index in [1.807, 2.05) is 23.9 Å². The highest BCUT2D eigenvalue weighted by molar-refractivity contribution is 7.10. The molecule has 196 valence electrons. The van der Waals surface area contributed by atoms with Gasteiger partial charge in [-0.25, -0.2) is 0 Å². The maximum atomic E-state index is 5.96. The SMILES string of the molecule is Cc1cscc1CCNc1nc(N)nc(N(C)CCc2cc(CCN(C)c3nc(N)nc(N)n3)cs2)n1. The Bertz CT molecular complexity index is 1300. The molecular formula is C23H32N12S2. The molecule has 0 atom stereocenters. The molecule has 0 saturated heterocycles. The van der Waals surface area contributed by atoms with Crippen molar-refractivity contribution in [3.05, 3.63) is 43.8 Å². The molecule has 12 nitrogen and oxygen atoms in total. The molecule has 0 saturated carbocycles. The summed E-state index contributed by atoms with van der Waals surface area (Å²) < 4.78 is 0. The van der Waals surface area contributed by atoms with Crippen LogP contribution in [0.3, 0.4) is 0 Å². The summed E-state index contributed by atoms with van der Waals surface area (Å²) in [7, 11) is 3.87. The van der Waals surface area contributed by atoms with Gasteiger partial charge in [-0.05, 0) is 65.1 Å². The van der Waals surface area contributed by atoms with Gasteiger partial charge >= 0.3 is 0 Å². The van der Waals surface area contributed by atoms with Gasteiger partial charge in [-0.1, -0.05) is 0 Å². The van der Waals surface area contributed by atoms with E-state index in [4.69, 9.17) is 17.2 Å². The standard InChI is InChI=1S/C23H32N12S2/c1-14-11-36-13-16(14)4-7-27-21-29-20(26)32-23(33-21)35(3)9-6-17-10-15(12-37-17)5-8-34(2)22-30-18(24)28-19(25)31-22/h10-13H,4-9H2,1-3H3,(H4,24,25,28,30,31)(H3,26,27,29,32,33). The molecule has 0 bridgehead atoms. The van der Waals surface area contributed by atoms with E-state index in [2.05, 4.69) is 64.4 Å². The molecule has 4 aromatic heterocycles. The molecule has 0 aromatic carbocycles. The van der Waals surface area contributed by atoms with Crippen molar-refractivity contribution in [3.8, 4) is 0 Å². The summed E-state index contributed by atoms with van der Waals surface area (Å²) in [4.78, 5) is 30.4. The number of aryl methyl sites for hydroxylation is 1. The van der Waals surface area contributed by atoms with Crippen LogP contribution in [0, 0.1) is 6.92 Å². The number of rotatable bonds is 12. The second-order valence-electron chi connectivity index (χ2n) is 8.69. The summed E-state index contributed by atoms with van der Waals surface area (Å²) in [6, 6.07) is 2.23. The summed E-state index contributed by atoms with van der Waals surface area (Å²) >= 11 is 3.46. The highest BCUT2D eigenvalue weighted by Crippen LogP contribution is 2.19. The van der Waals surface area contributed by atoms with Gasteiger partial charge in [0.05, 0.1) is 0 Å². The van der Waals surface area contributed by atoms with Crippen LogP contribution in [0.25, 0.3) is 0 Å². The van der Waals surface area contributed by atoms with E-state index >= 15 is 0 Å². The Balaban J connectivity index is 1.27. The Labute approximate surface area is 224 Å². The average molecular weight is 541 g/mol. The summed E-state index contributed by atoms with van der Waals surface area (Å²) in [5.41, 5.74) is 21.2. The van der Waals surface area contributed by atoms with E-state index < -0.39 is 0 Å². The lowest BCUT2D eigenvalue weighted by Gasteiger charge is -2.17. The number of nitrogens with one attached hydrogen (secondary N) is 1. The molecular weight excluding hydrogens is 508 g/mol. The quantitative estimate of drug-likeness (QED) is 0.207. The van der Waals surface area contributed by atoms with Gasteiger partial charge < -0.3 is 32.3 Å². The van der Waals surface area contributed by atoms with Crippen molar-refractivity contribution in [3.63, 3.8) is 0 Å². The van der Waals surface area contributed by atoms with E-state index in [1.165, 1.54) is 21.6 Å². The molecule has 14 heteroatoms. The lowest BCUT2D eigenvalue weighted by molar-refractivity contribution is 0.828. The zero-order valence-electron chi connectivity index (χ0n) is 21.2. The highest BCUT2D eigenvalue weighted by atomic mass is 32.1. The minimum Gasteiger partial charge on any atom is -0.368 e. The maximum absolute atomic E-state index is 5.96. The zero-order chi connectivity index (χ0) is 26.4. The van der Waals surface area contributed by atoms with Gasteiger partial charge in [0.2, 0.25) is 35.7 Å². The van der Waals surface area contributed by atoms with E-state index in [0.29, 0.717) is 17.8 Å². The molecule has 4 heterocycles. The third-order valence-corrected chi connectivity index (χ3v) is 7.71. The van der Waals surface area contributed by atoms with Gasteiger partial charge in [0.25, 0.3) is 0 Å². The van der Waals surface area contributed by atoms with Crippen LogP contribution in [0.2, 0.25) is 0 Å². The number of nitrogen functional groups attached to an aromatic ring is 3. The zero-order valence-corrected chi connectivity index (χ0v) is 22.8. The first kappa shape index (κ1) is 26.3. The molecule has 0 aliphatic carbocycles. The molecule has 37 heavy (non-hydrogen) atoms. The first-order valence-electron chi connectivity index (χ1n) is 11.8. The summed E-state index contributed by atoms with van der Waals surface area (Å²) in [5.74, 6) is 1.95. The van der Waals surface area contributed by atoms with Crippen molar-refractivity contribution in [1.29, 1.82) is 0 Å². The fourth-order valence-corrected chi connectivity index (χ4v) is 5.42. The molecule has 0 unspecified atom stereocenters. The Hall–Kier alpha value is -3.78. The van der Waals surface area contributed by atoms with Crippen molar-refractivity contribution in [1.82, 2.24) is 29.9 Å². The third-order valence-electron chi connectivity index (χ3n) is 5.76. The van der Waals surface area contributed by atoms with Crippen LogP contribution >= 0.6 is 22.7 Å². The second-order valence-corrected chi connectivity index (χ2v) is 10.4. The highest BCUT2D eigenvalue weighted by Gasteiger charge is 2.12. The first-order chi connectivity index (χ1) is 17.8. The Morgan fingerprint density at radius 3 is 2.11 bits per heavy atom. The van der Waals surface area contributed by atoms with Crippen molar-refractivity contribution in [2.75, 3.05) is 66.0 Å². The van der Waals surface area contributed by atoms with E-state index in [-0.39, 0.29) is 17.8 Å². The number of likely N-dealkylation sites (N-methyl/N-ethyl adjacent to an activating group) is 2. The number of nitrogens with two attached hydrogens (primary N) is 3. The van der Waals surface area contributed by atoms with Gasteiger partial charge in [0.1, 0.15) is 0 Å². The van der Waals surface area contributed by atoms with Crippen molar-refractivity contribution < 1.29 is 0 Å². The molecule has 0 amide bonds. The van der Waals surface area contributed by atoms with Crippen molar-refractivity contribution in [2.24, 2.45) is 0 Å². The largest absolute Gasteiger partial charge is 0.368 e. The predicted octanol–water partition coefficient (Wildman–Crippen LogP) is 2.25. The molecule has 0 spiro atoms. The Morgan fingerprint density at radius 2 is 1.43 bits per heavy atom. The Morgan fingerprint density at radius 1 is 0.784 bits per heavy atom. The van der Waals surface area contributed by atoms with Crippen molar-refractivity contribution in [2.45, 2.75) is 26.2 Å². The smallest absolute Gasteiger partial charge is 0.231 e. The van der Waals surface area contributed by atoms with Crippen LogP contribution in [-0.2, 0) is 19.3 Å². The average Bonchev–Trinajstić information content (AvgIpc) is 3.48. The Kier molecular flexibility index (Phi) is 8.50. The first-order valence-corrected chi connectivity index (χ1v) is 13.6. The molecule has 0 fully saturated rings. The van der Waals surface area contributed by atoms with Gasteiger partial charge in [0.15, 0.2) is 0 Å². The lowest BCUT2D eigenvalue weighted by atomic mass is 10.1. The minimum atomic E-state index is 0.118. The molecule has 0 aliphatic heterocycles. The molecule has 4 aromatic rings. The lowest BCUT2D eigenvalue weighted by Crippen LogP contribution is -2.24. The summed E-state index contributed by atoms with van der Waals surface area (Å²) in [6.45, 7) is 4.33. The van der Waals surface area contributed by atoms with Crippen molar-refractivity contribution >= 4 is 58.4 Å². The summed E-state index contributed by atoms with van der Waals surface area (Å²) in [5, 5.41) is 9.78. The van der Waals surface area contributed by atoms with Gasteiger partial charge in [-0.3, -0.25) is 0 Å². The number of aromatic nitrogens is 6. The molecule has 0 radical (unpaired) electrons. The molecule has 7 N–H and O–H groups in total. The monoisotopic (exact) mass is 540 g/mol. The number of anilines is 6. The molecule has 4 rings (SSSR count). The summed E-state index contributed by atoms with van der Waals surface area (Å²) in [6.07, 6.45) is 2.61. The van der Waals surface area contributed by atoms with Gasteiger partial charge in [0, 0.05) is 38.6 Å². The van der Waals surface area contributed by atoms with Crippen LogP contribution in [-0.4, -0.2) is 63.6 Å². The second kappa shape index (κ2) is 12.0. The fourth-order valence-electron chi connectivity index (χ4n) is 3.61. The normalized spacial score (nSPS) is 11.0. The van der Waals surface area contributed by atoms with Crippen LogP contribution in [0.5, 0.6) is 0 Å². The number of hydrogen-bond donors (Lipinski definition) is 4. The van der Waals surface area contributed by atoms with Crippen LogP contribution < -0.4 is 32.3 Å². The predicted molar refractivity (Wildman–Crippen MR) is 152 cm³/mol.